The van der Waals surface area contributed by atoms with E-state index in [1.165, 1.54) is 17.5 Å². The lowest BCUT2D eigenvalue weighted by Gasteiger charge is -2.41. The number of rotatable bonds is 2. The highest BCUT2D eigenvalue weighted by molar-refractivity contribution is 9.10. The van der Waals surface area contributed by atoms with Crippen molar-refractivity contribution in [1.29, 1.82) is 0 Å². The van der Waals surface area contributed by atoms with Crippen LogP contribution in [0.4, 0.5) is 0 Å². The second-order valence-corrected chi connectivity index (χ2v) is 7.87. The fraction of sp³-hybridized carbons (Fsp3) is 0.381. The molecular formula is C21H23BrN2O. The molecule has 3 nitrogen and oxygen atoms in total. The van der Waals surface area contributed by atoms with Gasteiger partial charge in [0.25, 0.3) is 5.91 Å². The molecule has 2 heterocycles. The largest absolute Gasteiger partial charge is 0.337 e. The van der Waals surface area contributed by atoms with E-state index in [0.29, 0.717) is 6.04 Å². The lowest BCUT2D eigenvalue weighted by molar-refractivity contribution is 0.0548. The number of piperidine rings is 1. The van der Waals surface area contributed by atoms with E-state index < -0.39 is 0 Å². The normalized spacial score (nSPS) is 21.0. The number of hydrogen-bond donors (Lipinski definition) is 0. The molecule has 0 radical (unpaired) electrons. The minimum atomic E-state index is 0.148. The van der Waals surface area contributed by atoms with Crippen molar-refractivity contribution in [1.82, 2.24) is 9.80 Å². The van der Waals surface area contributed by atoms with Crippen molar-refractivity contribution in [3.63, 3.8) is 0 Å². The van der Waals surface area contributed by atoms with Gasteiger partial charge in [0.05, 0.1) is 5.56 Å². The summed E-state index contributed by atoms with van der Waals surface area (Å²) in [5, 5.41) is 0. The predicted octanol–water partition coefficient (Wildman–Crippen LogP) is 4.11. The Morgan fingerprint density at radius 1 is 1.00 bits per heavy atom. The number of carbonyl (C=O) groups is 1. The number of fused-ring (bicyclic) bond motifs is 1. The van der Waals surface area contributed by atoms with Gasteiger partial charge < -0.3 is 4.90 Å². The van der Waals surface area contributed by atoms with Crippen LogP contribution in [0.25, 0.3) is 0 Å². The molecule has 0 aromatic heterocycles. The van der Waals surface area contributed by atoms with Crippen LogP contribution in [0, 0.1) is 0 Å². The van der Waals surface area contributed by atoms with Crippen molar-refractivity contribution in [3.05, 3.63) is 69.7 Å². The highest BCUT2D eigenvalue weighted by Gasteiger charge is 2.30. The van der Waals surface area contributed by atoms with E-state index in [0.717, 1.165) is 49.1 Å². The Bertz CT molecular complexity index is 776. The second-order valence-electron chi connectivity index (χ2n) is 7.02. The average molecular weight is 399 g/mol. The summed E-state index contributed by atoms with van der Waals surface area (Å²) in [6.07, 6.45) is 3.38. The summed E-state index contributed by atoms with van der Waals surface area (Å²) in [6, 6.07) is 17.0. The Balaban J connectivity index is 1.47. The molecule has 0 bridgehead atoms. The minimum absolute atomic E-state index is 0.148. The van der Waals surface area contributed by atoms with Crippen LogP contribution in [-0.2, 0) is 13.0 Å². The Kier molecular flexibility index (Phi) is 4.91. The topological polar surface area (TPSA) is 23.6 Å². The van der Waals surface area contributed by atoms with Gasteiger partial charge in [0.2, 0.25) is 0 Å². The lowest BCUT2D eigenvalue weighted by atomic mass is 9.96. The monoisotopic (exact) mass is 398 g/mol. The van der Waals surface area contributed by atoms with Crippen LogP contribution < -0.4 is 0 Å². The molecular weight excluding hydrogens is 376 g/mol. The van der Waals surface area contributed by atoms with Crippen LogP contribution in [-0.4, -0.2) is 41.4 Å². The third-order valence-corrected chi connectivity index (χ3v) is 6.16. The first kappa shape index (κ1) is 16.8. The van der Waals surface area contributed by atoms with E-state index in [9.17, 15) is 4.79 Å². The van der Waals surface area contributed by atoms with Gasteiger partial charge in [-0.05, 0) is 58.5 Å². The lowest BCUT2D eigenvalue weighted by Crippen LogP contribution is -2.51. The fourth-order valence-electron chi connectivity index (χ4n) is 4.07. The van der Waals surface area contributed by atoms with Gasteiger partial charge in [0.15, 0.2) is 0 Å². The maximum atomic E-state index is 12.9. The number of halogens is 1. The summed E-state index contributed by atoms with van der Waals surface area (Å²) < 4.78 is 0.883. The third kappa shape index (κ3) is 3.51. The van der Waals surface area contributed by atoms with Crippen LogP contribution in [0.2, 0.25) is 0 Å². The number of benzene rings is 2. The molecule has 0 N–H and O–H groups in total. The zero-order chi connectivity index (χ0) is 17.2. The van der Waals surface area contributed by atoms with Crippen LogP contribution in [0.3, 0.4) is 0 Å². The smallest absolute Gasteiger partial charge is 0.255 e. The van der Waals surface area contributed by atoms with Crippen LogP contribution in [0.5, 0.6) is 0 Å². The van der Waals surface area contributed by atoms with E-state index in [4.69, 9.17) is 0 Å². The number of nitrogens with zero attached hydrogens (tertiary/aromatic N) is 2. The number of carbonyl (C=O) groups excluding carboxylic acids is 1. The molecule has 4 rings (SSSR count). The van der Waals surface area contributed by atoms with Crippen molar-refractivity contribution < 1.29 is 4.79 Å². The highest BCUT2D eigenvalue weighted by atomic mass is 79.9. The minimum Gasteiger partial charge on any atom is -0.337 e. The second kappa shape index (κ2) is 7.30. The van der Waals surface area contributed by atoms with Gasteiger partial charge in [-0.15, -0.1) is 0 Å². The summed E-state index contributed by atoms with van der Waals surface area (Å²) in [5.41, 5.74) is 3.70. The molecule has 1 saturated heterocycles. The maximum absolute atomic E-state index is 12.9. The Labute approximate surface area is 157 Å². The van der Waals surface area contributed by atoms with E-state index in [1.807, 2.05) is 29.2 Å². The van der Waals surface area contributed by atoms with E-state index in [2.05, 4.69) is 45.1 Å². The molecule has 2 aliphatic rings. The number of amides is 1. The van der Waals surface area contributed by atoms with Gasteiger partial charge in [-0.2, -0.15) is 0 Å². The van der Waals surface area contributed by atoms with Crippen molar-refractivity contribution >= 4 is 21.8 Å². The molecule has 0 spiro atoms. The number of hydrogen-bond acceptors (Lipinski definition) is 2. The van der Waals surface area contributed by atoms with Gasteiger partial charge in [-0.3, -0.25) is 9.69 Å². The summed E-state index contributed by atoms with van der Waals surface area (Å²) in [5.74, 6) is 0.148. The number of likely N-dealkylation sites (tertiary alicyclic amines) is 1. The predicted molar refractivity (Wildman–Crippen MR) is 104 cm³/mol. The van der Waals surface area contributed by atoms with Gasteiger partial charge in [-0.25, -0.2) is 0 Å². The molecule has 0 unspecified atom stereocenters. The van der Waals surface area contributed by atoms with Crippen LogP contribution in [0.15, 0.2) is 53.0 Å². The molecule has 1 amide bonds. The molecule has 2 aromatic carbocycles. The Morgan fingerprint density at radius 3 is 2.60 bits per heavy atom. The molecule has 2 aromatic rings. The van der Waals surface area contributed by atoms with Crippen molar-refractivity contribution in [2.75, 3.05) is 19.6 Å². The first-order valence-corrected chi connectivity index (χ1v) is 9.86. The highest BCUT2D eigenvalue weighted by Crippen LogP contribution is 2.26. The van der Waals surface area contributed by atoms with Gasteiger partial charge in [0, 0.05) is 36.7 Å². The summed E-state index contributed by atoms with van der Waals surface area (Å²) >= 11 is 3.52. The van der Waals surface area contributed by atoms with Crippen molar-refractivity contribution in [2.45, 2.75) is 31.8 Å². The average Bonchev–Trinajstić information content (AvgIpc) is 2.67. The first-order chi connectivity index (χ1) is 12.2. The van der Waals surface area contributed by atoms with Crippen molar-refractivity contribution in [2.24, 2.45) is 0 Å². The quantitative estimate of drug-likeness (QED) is 0.759. The summed E-state index contributed by atoms with van der Waals surface area (Å²) in [4.78, 5) is 17.5. The zero-order valence-corrected chi connectivity index (χ0v) is 15.9. The van der Waals surface area contributed by atoms with E-state index in [-0.39, 0.29) is 5.91 Å². The molecule has 4 heteroatoms. The van der Waals surface area contributed by atoms with Crippen molar-refractivity contribution in [3.8, 4) is 0 Å². The molecule has 0 aliphatic carbocycles. The molecule has 2 aliphatic heterocycles. The van der Waals surface area contributed by atoms with Crippen LogP contribution in [0.1, 0.15) is 34.3 Å². The molecule has 1 fully saturated rings. The molecule has 0 saturated carbocycles. The first-order valence-electron chi connectivity index (χ1n) is 9.07. The van der Waals surface area contributed by atoms with Gasteiger partial charge in [-0.1, -0.05) is 36.4 Å². The van der Waals surface area contributed by atoms with Gasteiger partial charge in [0.1, 0.15) is 0 Å². The molecule has 130 valence electrons. The fourth-order valence-corrected chi connectivity index (χ4v) is 4.53. The summed E-state index contributed by atoms with van der Waals surface area (Å²) in [6.45, 7) is 3.81. The molecule has 25 heavy (non-hydrogen) atoms. The molecule has 1 atom stereocenters. The maximum Gasteiger partial charge on any atom is 0.255 e. The standard InChI is InChI=1S/C21H23BrN2O/c22-20-10-4-3-9-19(20)21(25)24-12-5-8-18(15-24)23-13-11-16-6-1-2-7-17(16)14-23/h1-4,6-7,9-10,18H,5,8,11-15H2/t18-/m1/s1. The van der Waals surface area contributed by atoms with E-state index >= 15 is 0 Å². The zero-order valence-electron chi connectivity index (χ0n) is 14.3. The summed E-state index contributed by atoms with van der Waals surface area (Å²) in [7, 11) is 0. The SMILES string of the molecule is O=C(c1ccccc1Br)N1CCC[C@@H](N2CCc3ccccc3C2)C1. The van der Waals surface area contributed by atoms with Gasteiger partial charge >= 0.3 is 0 Å². The third-order valence-electron chi connectivity index (χ3n) is 5.46. The Hall–Kier alpha value is -1.65. The Morgan fingerprint density at radius 2 is 1.76 bits per heavy atom. The van der Waals surface area contributed by atoms with Crippen LogP contribution >= 0.6 is 15.9 Å². The van der Waals surface area contributed by atoms with E-state index in [1.54, 1.807) is 0 Å².